The average molecular weight is 288 g/mol. The van der Waals surface area contributed by atoms with E-state index in [0.29, 0.717) is 11.7 Å². The van der Waals surface area contributed by atoms with Crippen LogP contribution in [-0.2, 0) is 13.6 Å². The van der Waals surface area contributed by atoms with E-state index in [4.69, 9.17) is 4.52 Å². The van der Waals surface area contributed by atoms with Gasteiger partial charge in [0.05, 0.1) is 5.92 Å². The highest BCUT2D eigenvalue weighted by Crippen LogP contribution is 2.26. The van der Waals surface area contributed by atoms with Gasteiger partial charge in [-0.25, -0.2) is 0 Å². The molecule has 0 N–H and O–H groups in total. The first kappa shape index (κ1) is 14.0. The van der Waals surface area contributed by atoms with Crippen LogP contribution in [0.1, 0.15) is 36.0 Å². The minimum Gasteiger partial charge on any atom is -0.339 e. The van der Waals surface area contributed by atoms with E-state index in [0.717, 1.165) is 43.9 Å². The lowest BCUT2D eigenvalue weighted by molar-refractivity contribution is 0.180. The molecule has 1 saturated heterocycles. The van der Waals surface area contributed by atoms with Gasteiger partial charge in [-0.05, 0) is 37.9 Å². The molecule has 0 spiro atoms. The molecule has 2 aromatic rings. The van der Waals surface area contributed by atoms with Crippen molar-refractivity contribution in [3.8, 4) is 0 Å². The summed E-state index contributed by atoms with van der Waals surface area (Å²) in [4.78, 5) is 18.4. The Morgan fingerprint density at radius 1 is 1.48 bits per heavy atom. The van der Waals surface area contributed by atoms with E-state index in [1.54, 1.807) is 17.7 Å². The van der Waals surface area contributed by atoms with E-state index >= 15 is 0 Å². The van der Waals surface area contributed by atoms with E-state index in [9.17, 15) is 4.79 Å². The molecule has 112 valence electrons. The Hall–Kier alpha value is -1.95. The second-order valence-electron chi connectivity index (χ2n) is 5.74. The molecule has 0 aliphatic carbocycles. The third-order valence-corrected chi connectivity index (χ3v) is 3.97. The van der Waals surface area contributed by atoms with Gasteiger partial charge >= 0.3 is 0 Å². The highest BCUT2D eigenvalue weighted by molar-refractivity contribution is 5.11. The number of rotatable bonds is 3. The van der Waals surface area contributed by atoms with Crippen molar-refractivity contribution in [2.24, 2.45) is 7.05 Å². The van der Waals surface area contributed by atoms with Gasteiger partial charge in [0.2, 0.25) is 5.89 Å². The van der Waals surface area contributed by atoms with Gasteiger partial charge in [0.25, 0.3) is 5.56 Å². The van der Waals surface area contributed by atoms with E-state index in [2.05, 4.69) is 15.0 Å². The topological polar surface area (TPSA) is 64.2 Å². The summed E-state index contributed by atoms with van der Waals surface area (Å²) in [5.74, 6) is 1.72. The maximum Gasteiger partial charge on any atom is 0.250 e. The fraction of sp³-hybridized carbons (Fsp3) is 0.533. The van der Waals surface area contributed by atoms with Crippen molar-refractivity contribution >= 4 is 0 Å². The Bertz CT molecular complexity index is 676. The second-order valence-corrected chi connectivity index (χ2v) is 5.74. The zero-order valence-electron chi connectivity index (χ0n) is 12.5. The first-order chi connectivity index (χ1) is 10.1. The van der Waals surface area contributed by atoms with Gasteiger partial charge in [0.1, 0.15) is 0 Å². The van der Waals surface area contributed by atoms with Crippen molar-refractivity contribution in [2.45, 2.75) is 32.2 Å². The monoisotopic (exact) mass is 288 g/mol. The zero-order valence-corrected chi connectivity index (χ0v) is 12.5. The molecule has 0 aromatic carbocycles. The Morgan fingerprint density at radius 3 is 3.05 bits per heavy atom. The third-order valence-electron chi connectivity index (χ3n) is 3.97. The molecule has 21 heavy (non-hydrogen) atoms. The number of piperidine rings is 1. The summed E-state index contributed by atoms with van der Waals surface area (Å²) in [6, 6.07) is 3.71. The highest BCUT2D eigenvalue weighted by Gasteiger charge is 2.25. The molecule has 6 heteroatoms. The second kappa shape index (κ2) is 5.81. The van der Waals surface area contributed by atoms with Crippen LogP contribution >= 0.6 is 0 Å². The summed E-state index contributed by atoms with van der Waals surface area (Å²) >= 11 is 0. The molecule has 2 aromatic heterocycles. The van der Waals surface area contributed by atoms with Crippen molar-refractivity contribution in [2.75, 3.05) is 13.1 Å². The fourth-order valence-corrected chi connectivity index (χ4v) is 2.83. The van der Waals surface area contributed by atoms with Gasteiger partial charge < -0.3 is 9.09 Å². The number of nitrogens with zero attached hydrogens (tertiary/aromatic N) is 4. The van der Waals surface area contributed by atoms with Crippen LogP contribution < -0.4 is 5.56 Å². The molecule has 1 aliphatic heterocycles. The van der Waals surface area contributed by atoms with Gasteiger partial charge in [-0.2, -0.15) is 4.98 Å². The summed E-state index contributed by atoms with van der Waals surface area (Å²) < 4.78 is 6.88. The number of aromatic nitrogens is 3. The molecule has 1 atom stereocenters. The molecule has 0 radical (unpaired) electrons. The average Bonchev–Trinajstić information content (AvgIpc) is 2.90. The number of hydrogen-bond acceptors (Lipinski definition) is 5. The molecular weight excluding hydrogens is 268 g/mol. The highest BCUT2D eigenvalue weighted by atomic mass is 16.5. The summed E-state index contributed by atoms with van der Waals surface area (Å²) in [5, 5.41) is 3.87. The molecular formula is C15H20N4O2. The van der Waals surface area contributed by atoms with Gasteiger partial charge in [-0.1, -0.05) is 5.16 Å². The van der Waals surface area contributed by atoms with Gasteiger partial charge in [-0.3, -0.25) is 9.69 Å². The van der Waals surface area contributed by atoms with Crippen LogP contribution in [0.3, 0.4) is 0 Å². The van der Waals surface area contributed by atoms with Crippen molar-refractivity contribution in [3.05, 3.63) is 46.0 Å². The van der Waals surface area contributed by atoms with Crippen molar-refractivity contribution in [1.29, 1.82) is 0 Å². The van der Waals surface area contributed by atoms with E-state index in [1.165, 1.54) is 0 Å². The predicted octanol–water partition coefficient (Wildman–Crippen LogP) is 1.46. The molecule has 1 fully saturated rings. The maximum atomic E-state index is 11.7. The Labute approximate surface area is 123 Å². The zero-order chi connectivity index (χ0) is 14.8. The first-order valence-electron chi connectivity index (χ1n) is 7.30. The molecule has 6 nitrogen and oxygen atoms in total. The lowest BCUT2D eigenvalue weighted by Gasteiger charge is -2.30. The number of hydrogen-bond donors (Lipinski definition) is 0. The summed E-state index contributed by atoms with van der Waals surface area (Å²) in [6.45, 7) is 4.57. The molecule has 1 unspecified atom stereocenters. The predicted molar refractivity (Wildman–Crippen MR) is 78.0 cm³/mol. The first-order valence-corrected chi connectivity index (χ1v) is 7.30. The number of likely N-dealkylation sites (tertiary alicyclic amines) is 1. The maximum absolute atomic E-state index is 11.7. The quantitative estimate of drug-likeness (QED) is 0.855. The standard InChI is InChI=1S/C15H20N4O2/c1-11-16-15(21-17-11)13-4-3-6-19(10-13)9-12-5-7-18(2)14(20)8-12/h5,7-8,13H,3-4,6,9-10H2,1-2H3. The number of aryl methyl sites for hydroxylation is 2. The SMILES string of the molecule is Cc1noc(C2CCCN(Cc3ccn(C)c(=O)c3)C2)n1. The van der Waals surface area contributed by atoms with Crippen LogP contribution in [0.5, 0.6) is 0 Å². The Morgan fingerprint density at radius 2 is 2.33 bits per heavy atom. The molecule has 0 amide bonds. The van der Waals surface area contributed by atoms with Crippen LogP contribution in [0.25, 0.3) is 0 Å². The third kappa shape index (κ3) is 3.21. The van der Waals surface area contributed by atoms with Gasteiger partial charge in [0, 0.05) is 32.4 Å². The summed E-state index contributed by atoms with van der Waals surface area (Å²) in [7, 11) is 1.76. The molecule has 1 aliphatic rings. The normalized spacial score (nSPS) is 19.8. The molecule has 0 saturated carbocycles. The smallest absolute Gasteiger partial charge is 0.250 e. The Kier molecular flexibility index (Phi) is 3.88. The van der Waals surface area contributed by atoms with Crippen LogP contribution in [-0.4, -0.2) is 32.7 Å². The van der Waals surface area contributed by atoms with Gasteiger partial charge in [0.15, 0.2) is 5.82 Å². The van der Waals surface area contributed by atoms with E-state index in [1.807, 2.05) is 19.2 Å². The summed E-state index contributed by atoms with van der Waals surface area (Å²) in [6.07, 6.45) is 4.01. The lowest BCUT2D eigenvalue weighted by Crippen LogP contribution is -2.34. The van der Waals surface area contributed by atoms with E-state index < -0.39 is 0 Å². The minimum atomic E-state index is 0.0357. The minimum absolute atomic E-state index is 0.0357. The molecule has 0 bridgehead atoms. The van der Waals surface area contributed by atoms with E-state index in [-0.39, 0.29) is 5.56 Å². The summed E-state index contributed by atoms with van der Waals surface area (Å²) in [5.41, 5.74) is 1.09. The van der Waals surface area contributed by atoms with Crippen LogP contribution in [0, 0.1) is 6.92 Å². The van der Waals surface area contributed by atoms with Gasteiger partial charge in [-0.15, -0.1) is 0 Å². The van der Waals surface area contributed by atoms with Crippen LogP contribution in [0.4, 0.5) is 0 Å². The van der Waals surface area contributed by atoms with Crippen LogP contribution in [0.15, 0.2) is 27.6 Å². The van der Waals surface area contributed by atoms with Crippen LogP contribution in [0.2, 0.25) is 0 Å². The lowest BCUT2D eigenvalue weighted by atomic mass is 9.97. The largest absolute Gasteiger partial charge is 0.339 e. The fourth-order valence-electron chi connectivity index (χ4n) is 2.83. The van der Waals surface area contributed by atoms with Crippen molar-refractivity contribution in [3.63, 3.8) is 0 Å². The van der Waals surface area contributed by atoms with Crippen molar-refractivity contribution in [1.82, 2.24) is 19.6 Å². The molecule has 3 rings (SSSR count). The molecule has 3 heterocycles. The Balaban J connectivity index is 1.68. The number of pyridine rings is 1. The van der Waals surface area contributed by atoms with Crippen molar-refractivity contribution < 1.29 is 4.52 Å².